The number of furan rings is 1. The van der Waals surface area contributed by atoms with E-state index in [4.69, 9.17) is 13.9 Å². The number of para-hydroxylation sites is 1. The normalized spacial score (nSPS) is 23.2. The highest BCUT2D eigenvalue weighted by atomic mass is 16.5. The van der Waals surface area contributed by atoms with Crippen LogP contribution in [-0.2, 0) is 16.0 Å². The molecule has 4 heteroatoms. The smallest absolute Gasteiger partial charge is 0.134 e. The predicted molar refractivity (Wildman–Crippen MR) is 73.1 cm³/mol. The lowest BCUT2D eigenvalue weighted by Crippen LogP contribution is -2.42. The fourth-order valence-corrected chi connectivity index (χ4v) is 2.56. The summed E-state index contributed by atoms with van der Waals surface area (Å²) in [5, 5.41) is 4.62. The van der Waals surface area contributed by atoms with E-state index in [0.717, 1.165) is 31.7 Å². The van der Waals surface area contributed by atoms with E-state index >= 15 is 0 Å². The van der Waals surface area contributed by atoms with Gasteiger partial charge >= 0.3 is 0 Å². The van der Waals surface area contributed by atoms with Crippen LogP contribution in [0, 0.1) is 0 Å². The van der Waals surface area contributed by atoms with Crippen LogP contribution in [0.1, 0.15) is 12.0 Å². The Morgan fingerprint density at radius 2 is 2.26 bits per heavy atom. The second-order valence-corrected chi connectivity index (χ2v) is 5.05. The van der Waals surface area contributed by atoms with Gasteiger partial charge in [0.25, 0.3) is 0 Å². The predicted octanol–water partition coefficient (Wildman–Crippen LogP) is 2.33. The van der Waals surface area contributed by atoms with Crippen LogP contribution in [0.25, 0.3) is 11.0 Å². The lowest BCUT2D eigenvalue weighted by atomic mass is 10.0. The number of benzene rings is 1. The van der Waals surface area contributed by atoms with Gasteiger partial charge < -0.3 is 19.2 Å². The van der Waals surface area contributed by atoms with Crippen LogP contribution in [0.15, 0.2) is 34.9 Å². The van der Waals surface area contributed by atoms with Gasteiger partial charge in [-0.3, -0.25) is 0 Å². The second kappa shape index (κ2) is 5.33. The SMILES string of the molecule is COC1(CNCc2coc3ccccc23)CCOC1. The Morgan fingerprint density at radius 3 is 3.05 bits per heavy atom. The van der Waals surface area contributed by atoms with Crippen LogP contribution < -0.4 is 5.32 Å². The molecule has 3 rings (SSSR count). The topological polar surface area (TPSA) is 43.6 Å². The molecule has 1 saturated heterocycles. The molecule has 1 N–H and O–H groups in total. The average Bonchev–Trinajstić information content (AvgIpc) is 3.07. The molecular formula is C15H19NO3. The Kier molecular flexibility index (Phi) is 3.55. The lowest BCUT2D eigenvalue weighted by Gasteiger charge is -2.25. The Morgan fingerprint density at radius 1 is 1.37 bits per heavy atom. The van der Waals surface area contributed by atoms with E-state index in [1.165, 1.54) is 10.9 Å². The Labute approximate surface area is 112 Å². The van der Waals surface area contributed by atoms with Crippen molar-refractivity contribution in [2.75, 3.05) is 26.9 Å². The standard InChI is InChI=1S/C15H19NO3/c1-17-15(6-7-18-11-15)10-16-8-12-9-19-14-5-3-2-4-13(12)14/h2-5,9,16H,6-8,10-11H2,1H3. The van der Waals surface area contributed by atoms with Crippen molar-refractivity contribution in [3.63, 3.8) is 0 Å². The molecule has 0 bridgehead atoms. The van der Waals surface area contributed by atoms with Gasteiger partial charge in [-0.1, -0.05) is 18.2 Å². The molecule has 0 spiro atoms. The molecule has 2 aromatic rings. The maximum atomic E-state index is 5.59. The summed E-state index contributed by atoms with van der Waals surface area (Å²) in [6, 6.07) is 8.09. The molecular weight excluding hydrogens is 242 g/mol. The summed E-state index contributed by atoms with van der Waals surface area (Å²) in [7, 11) is 1.75. The Balaban J connectivity index is 1.63. The van der Waals surface area contributed by atoms with Gasteiger partial charge in [0.1, 0.15) is 11.2 Å². The molecule has 0 amide bonds. The van der Waals surface area contributed by atoms with Gasteiger partial charge in [0.2, 0.25) is 0 Å². The van der Waals surface area contributed by atoms with E-state index in [1.54, 1.807) is 7.11 Å². The summed E-state index contributed by atoms with van der Waals surface area (Å²) in [5.74, 6) is 0. The number of hydrogen-bond acceptors (Lipinski definition) is 4. The van der Waals surface area contributed by atoms with Crippen molar-refractivity contribution in [2.45, 2.75) is 18.6 Å². The molecule has 1 aliphatic rings. The Hall–Kier alpha value is -1.36. The summed E-state index contributed by atoms with van der Waals surface area (Å²) < 4.78 is 16.5. The average molecular weight is 261 g/mol. The van der Waals surface area contributed by atoms with Crippen molar-refractivity contribution in [3.8, 4) is 0 Å². The molecule has 2 heterocycles. The van der Waals surface area contributed by atoms with Crippen molar-refractivity contribution >= 4 is 11.0 Å². The first-order valence-electron chi connectivity index (χ1n) is 6.62. The molecule has 0 aliphatic carbocycles. The van der Waals surface area contributed by atoms with Gasteiger partial charge in [0.15, 0.2) is 0 Å². The highest BCUT2D eigenvalue weighted by molar-refractivity contribution is 5.80. The molecule has 1 aliphatic heterocycles. The fourth-order valence-electron chi connectivity index (χ4n) is 2.56. The third-order valence-corrected chi connectivity index (χ3v) is 3.82. The first-order chi connectivity index (χ1) is 9.33. The maximum absolute atomic E-state index is 5.59. The largest absolute Gasteiger partial charge is 0.464 e. The summed E-state index contributed by atoms with van der Waals surface area (Å²) in [6.45, 7) is 3.03. The summed E-state index contributed by atoms with van der Waals surface area (Å²) >= 11 is 0. The van der Waals surface area contributed by atoms with Gasteiger partial charge in [-0.25, -0.2) is 0 Å². The summed E-state index contributed by atoms with van der Waals surface area (Å²) in [5.41, 5.74) is 1.95. The molecule has 4 nitrogen and oxygen atoms in total. The highest BCUT2D eigenvalue weighted by Crippen LogP contribution is 2.23. The highest BCUT2D eigenvalue weighted by Gasteiger charge is 2.34. The number of fused-ring (bicyclic) bond motifs is 1. The number of ether oxygens (including phenoxy) is 2. The molecule has 1 fully saturated rings. The zero-order valence-electron chi connectivity index (χ0n) is 11.1. The molecule has 19 heavy (non-hydrogen) atoms. The molecule has 1 aromatic heterocycles. The minimum absolute atomic E-state index is 0.167. The van der Waals surface area contributed by atoms with Crippen LogP contribution in [0.4, 0.5) is 0 Å². The van der Waals surface area contributed by atoms with E-state index in [2.05, 4.69) is 11.4 Å². The van der Waals surface area contributed by atoms with Gasteiger partial charge in [0.05, 0.1) is 12.9 Å². The third-order valence-electron chi connectivity index (χ3n) is 3.82. The quantitative estimate of drug-likeness (QED) is 0.897. The van der Waals surface area contributed by atoms with Gasteiger partial charge in [0, 0.05) is 44.2 Å². The van der Waals surface area contributed by atoms with Crippen molar-refractivity contribution in [3.05, 3.63) is 36.1 Å². The molecule has 1 unspecified atom stereocenters. The zero-order chi connectivity index (χ0) is 13.1. The summed E-state index contributed by atoms with van der Waals surface area (Å²) in [6.07, 6.45) is 2.77. The van der Waals surface area contributed by atoms with E-state index in [9.17, 15) is 0 Å². The van der Waals surface area contributed by atoms with Crippen molar-refractivity contribution in [2.24, 2.45) is 0 Å². The van der Waals surface area contributed by atoms with E-state index < -0.39 is 0 Å². The lowest BCUT2D eigenvalue weighted by molar-refractivity contribution is -0.0159. The van der Waals surface area contributed by atoms with Crippen LogP contribution in [0.2, 0.25) is 0 Å². The molecule has 1 atom stereocenters. The van der Waals surface area contributed by atoms with E-state index in [-0.39, 0.29) is 5.60 Å². The van der Waals surface area contributed by atoms with Crippen molar-refractivity contribution in [1.82, 2.24) is 5.32 Å². The Bertz CT molecular complexity index is 543. The van der Waals surface area contributed by atoms with E-state index in [1.807, 2.05) is 24.5 Å². The van der Waals surface area contributed by atoms with Gasteiger partial charge in [-0.05, 0) is 6.07 Å². The number of nitrogens with one attached hydrogen (secondary N) is 1. The first kappa shape index (κ1) is 12.7. The maximum Gasteiger partial charge on any atom is 0.134 e. The number of methoxy groups -OCH3 is 1. The minimum Gasteiger partial charge on any atom is -0.464 e. The minimum atomic E-state index is -0.167. The second-order valence-electron chi connectivity index (χ2n) is 5.05. The number of hydrogen-bond donors (Lipinski definition) is 1. The van der Waals surface area contributed by atoms with E-state index in [0.29, 0.717) is 6.61 Å². The zero-order valence-corrected chi connectivity index (χ0v) is 11.1. The molecule has 0 saturated carbocycles. The summed E-state index contributed by atoms with van der Waals surface area (Å²) in [4.78, 5) is 0. The molecule has 0 radical (unpaired) electrons. The molecule has 1 aromatic carbocycles. The van der Waals surface area contributed by atoms with Crippen molar-refractivity contribution < 1.29 is 13.9 Å². The van der Waals surface area contributed by atoms with Crippen molar-refractivity contribution in [1.29, 1.82) is 0 Å². The van der Waals surface area contributed by atoms with Crippen LogP contribution in [0.5, 0.6) is 0 Å². The van der Waals surface area contributed by atoms with Gasteiger partial charge in [-0.2, -0.15) is 0 Å². The third kappa shape index (κ3) is 2.52. The first-order valence-corrected chi connectivity index (χ1v) is 6.62. The number of rotatable bonds is 5. The van der Waals surface area contributed by atoms with Crippen LogP contribution >= 0.6 is 0 Å². The molecule has 102 valence electrons. The fraction of sp³-hybridized carbons (Fsp3) is 0.467. The van der Waals surface area contributed by atoms with Crippen LogP contribution in [-0.4, -0.2) is 32.5 Å². The van der Waals surface area contributed by atoms with Gasteiger partial charge in [-0.15, -0.1) is 0 Å². The monoisotopic (exact) mass is 261 g/mol. The van der Waals surface area contributed by atoms with Crippen LogP contribution in [0.3, 0.4) is 0 Å².